The molecule has 2 heterocycles. The van der Waals surface area contributed by atoms with Crippen LogP contribution in [-0.2, 0) is 17.8 Å². The number of anilines is 1. The number of rotatable bonds is 5. The molecule has 30 heavy (non-hydrogen) atoms. The van der Waals surface area contributed by atoms with E-state index in [2.05, 4.69) is 66.7 Å². The second-order valence-corrected chi connectivity index (χ2v) is 8.82. The molecule has 0 radical (unpaired) electrons. The summed E-state index contributed by atoms with van der Waals surface area (Å²) in [6, 6.07) is 12.6. The minimum Gasteiger partial charge on any atom is -0.311 e. The van der Waals surface area contributed by atoms with E-state index in [4.69, 9.17) is 0 Å². The number of hydrogen-bond donors (Lipinski definition) is 0. The van der Waals surface area contributed by atoms with Crippen LogP contribution in [-0.4, -0.2) is 33.0 Å². The van der Waals surface area contributed by atoms with Crippen molar-refractivity contribution in [3.63, 3.8) is 0 Å². The maximum atomic E-state index is 13.1. The molecule has 0 unspecified atom stereocenters. The van der Waals surface area contributed by atoms with Gasteiger partial charge in [-0.3, -0.25) is 4.79 Å². The third-order valence-electron chi connectivity index (χ3n) is 5.74. The van der Waals surface area contributed by atoms with Crippen molar-refractivity contribution in [1.82, 2.24) is 14.8 Å². The topological polar surface area (TPSA) is 51.0 Å². The maximum absolute atomic E-state index is 13.1. The Morgan fingerprint density at radius 2 is 1.90 bits per heavy atom. The largest absolute Gasteiger partial charge is 0.311 e. The first-order chi connectivity index (χ1) is 14.5. The highest BCUT2D eigenvalue weighted by atomic mass is 32.2. The fourth-order valence-corrected chi connectivity index (χ4v) is 5.12. The van der Waals surface area contributed by atoms with Gasteiger partial charge in [-0.25, -0.2) is 0 Å². The van der Waals surface area contributed by atoms with Gasteiger partial charge >= 0.3 is 0 Å². The molecule has 0 saturated heterocycles. The Balaban J connectivity index is 1.54. The minimum atomic E-state index is 0.133. The quantitative estimate of drug-likeness (QED) is 0.547. The van der Waals surface area contributed by atoms with Crippen LogP contribution in [0.15, 0.2) is 41.6 Å². The van der Waals surface area contributed by atoms with E-state index in [1.807, 2.05) is 17.0 Å². The summed E-state index contributed by atoms with van der Waals surface area (Å²) in [5.41, 5.74) is 7.13. The normalized spacial score (nSPS) is 13.4. The first-order valence-corrected chi connectivity index (χ1v) is 11.5. The second-order valence-electron chi connectivity index (χ2n) is 7.88. The summed E-state index contributed by atoms with van der Waals surface area (Å²) < 4.78 is 2.10. The van der Waals surface area contributed by atoms with Crippen molar-refractivity contribution in [1.29, 1.82) is 0 Å². The smallest absolute Gasteiger partial charge is 0.237 e. The molecular formula is C24H28N4OS. The van der Waals surface area contributed by atoms with Crippen LogP contribution in [0.2, 0.25) is 0 Å². The molecule has 1 aliphatic heterocycles. The van der Waals surface area contributed by atoms with Crippen molar-refractivity contribution in [2.75, 3.05) is 17.2 Å². The molecule has 1 aromatic heterocycles. The average Bonchev–Trinajstić information content (AvgIpc) is 3.14. The molecule has 1 aliphatic rings. The number of thioether (sulfide) groups is 1. The van der Waals surface area contributed by atoms with Crippen LogP contribution < -0.4 is 4.90 Å². The molecule has 0 aliphatic carbocycles. The van der Waals surface area contributed by atoms with E-state index < -0.39 is 0 Å². The summed E-state index contributed by atoms with van der Waals surface area (Å²) >= 11 is 1.48. The molecule has 0 spiro atoms. The number of fused-ring (bicyclic) bond motifs is 1. The standard InChI is InChI=1S/C24H28N4OS/c1-5-27-23(20-10-7-6-9-17(20)3)25-26-24(27)30-15-22(29)28-12-8-11-19-18(4)13-16(2)14-21(19)28/h6-7,9-10,13-14H,5,8,11-12,15H2,1-4H3. The van der Waals surface area contributed by atoms with Gasteiger partial charge in [0.15, 0.2) is 11.0 Å². The third-order valence-corrected chi connectivity index (χ3v) is 6.69. The predicted molar refractivity (Wildman–Crippen MR) is 123 cm³/mol. The summed E-state index contributed by atoms with van der Waals surface area (Å²) in [5, 5.41) is 9.63. The molecule has 2 aromatic carbocycles. The van der Waals surface area contributed by atoms with E-state index in [1.54, 1.807) is 0 Å². The molecule has 1 amide bonds. The first-order valence-electron chi connectivity index (χ1n) is 10.5. The van der Waals surface area contributed by atoms with Gasteiger partial charge < -0.3 is 9.47 Å². The minimum absolute atomic E-state index is 0.133. The zero-order valence-electron chi connectivity index (χ0n) is 18.1. The summed E-state index contributed by atoms with van der Waals surface area (Å²) in [6.45, 7) is 9.95. The van der Waals surface area contributed by atoms with Crippen LogP contribution in [0.1, 0.15) is 35.6 Å². The van der Waals surface area contributed by atoms with Crippen LogP contribution in [0, 0.1) is 20.8 Å². The lowest BCUT2D eigenvalue weighted by Crippen LogP contribution is -2.37. The SMILES string of the molecule is CCn1c(SCC(=O)N2CCCc3c(C)cc(C)cc32)nnc1-c1ccccc1C. The van der Waals surface area contributed by atoms with E-state index >= 15 is 0 Å². The van der Waals surface area contributed by atoms with E-state index in [-0.39, 0.29) is 5.91 Å². The highest BCUT2D eigenvalue weighted by Gasteiger charge is 2.25. The van der Waals surface area contributed by atoms with Crippen molar-refractivity contribution < 1.29 is 4.79 Å². The molecule has 0 atom stereocenters. The molecule has 3 aromatic rings. The monoisotopic (exact) mass is 420 g/mol. The Kier molecular flexibility index (Phi) is 5.95. The number of nitrogens with zero attached hydrogens (tertiary/aromatic N) is 4. The van der Waals surface area contributed by atoms with E-state index in [0.717, 1.165) is 48.2 Å². The fourth-order valence-electron chi connectivity index (χ4n) is 4.24. The zero-order valence-corrected chi connectivity index (χ0v) is 18.9. The van der Waals surface area contributed by atoms with E-state index in [0.29, 0.717) is 5.75 Å². The molecule has 5 nitrogen and oxygen atoms in total. The molecule has 4 rings (SSSR count). The highest BCUT2D eigenvalue weighted by Crippen LogP contribution is 2.32. The van der Waals surface area contributed by atoms with Gasteiger partial charge in [-0.2, -0.15) is 0 Å². The number of carbonyl (C=O) groups is 1. The molecule has 0 N–H and O–H groups in total. The van der Waals surface area contributed by atoms with Crippen molar-refractivity contribution in [3.05, 3.63) is 58.7 Å². The van der Waals surface area contributed by atoms with Gasteiger partial charge in [0.1, 0.15) is 0 Å². The second kappa shape index (κ2) is 8.64. The number of aromatic nitrogens is 3. The molecular weight excluding hydrogens is 392 g/mol. The van der Waals surface area contributed by atoms with Gasteiger partial charge in [0.25, 0.3) is 0 Å². The van der Waals surface area contributed by atoms with Gasteiger partial charge in [0.2, 0.25) is 5.91 Å². The van der Waals surface area contributed by atoms with Crippen LogP contribution in [0.4, 0.5) is 5.69 Å². The van der Waals surface area contributed by atoms with Gasteiger partial charge in [-0.1, -0.05) is 42.1 Å². The van der Waals surface area contributed by atoms with Crippen molar-refractivity contribution >= 4 is 23.4 Å². The third kappa shape index (κ3) is 3.88. The number of carbonyl (C=O) groups excluding carboxylic acids is 1. The lowest BCUT2D eigenvalue weighted by molar-refractivity contribution is -0.116. The van der Waals surface area contributed by atoms with Crippen LogP contribution in [0.25, 0.3) is 11.4 Å². The zero-order chi connectivity index (χ0) is 21.3. The van der Waals surface area contributed by atoms with Crippen LogP contribution >= 0.6 is 11.8 Å². The van der Waals surface area contributed by atoms with Gasteiger partial charge in [0.05, 0.1) is 5.75 Å². The van der Waals surface area contributed by atoms with Gasteiger partial charge in [-0.05, 0) is 68.9 Å². The molecule has 6 heteroatoms. The average molecular weight is 421 g/mol. The predicted octanol–water partition coefficient (Wildman–Crippen LogP) is 4.96. The molecule has 156 valence electrons. The lowest BCUT2D eigenvalue weighted by Gasteiger charge is -2.31. The number of benzene rings is 2. The van der Waals surface area contributed by atoms with Gasteiger partial charge in [0, 0.05) is 24.3 Å². The molecule has 0 bridgehead atoms. The Morgan fingerprint density at radius 1 is 1.10 bits per heavy atom. The number of aryl methyl sites for hydroxylation is 3. The van der Waals surface area contributed by atoms with E-state index in [9.17, 15) is 4.79 Å². The Hall–Kier alpha value is -2.60. The lowest BCUT2D eigenvalue weighted by atomic mass is 9.95. The van der Waals surface area contributed by atoms with Crippen molar-refractivity contribution in [3.8, 4) is 11.4 Å². The number of amides is 1. The van der Waals surface area contributed by atoms with Crippen molar-refractivity contribution in [2.45, 2.75) is 52.2 Å². The number of hydrogen-bond acceptors (Lipinski definition) is 4. The maximum Gasteiger partial charge on any atom is 0.237 e. The summed E-state index contributed by atoms with van der Waals surface area (Å²) in [7, 11) is 0. The Morgan fingerprint density at radius 3 is 2.67 bits per heavy atom. The molecule has 0 fully saturated rings. The van der Waals surface area contributed by atoms with Crippen LogP contribution in [0.3, 0.4) is 0 Å². The fraction of sp³-hybridized carbons (Fsp3) is 0.375. The Bertz CT molecular complexity index is 1090. The Labute approximate surface area is 182 Å². The van der Waals surface area contributed by atoms with Crippen LogP contribution in [0.5, 0.6) is 0 Å². The van der Waals surface area contributed by atoms with Crippen molar-refractivity contribution in [2.24, 2.45) is 0 Å². The highest BCUT2D eigenvalue weighted by molar-refractivity contribution is 7.99. The molecule has 0 saturated carbocycles. The van der Waals surface area contributed by atoms with Gasteiger partial charge in [-0.15, -0.1) is 10.2 Å². The summed E-state index contributed by atoms with van der Waals surface area (Å²) in [5.74, 6) is 1.35. The van der Waals surface area contributed by atoms with E-state index in [1.165, 1.54) is 34.0 Å². The first kappa shape index (κ1) is 20.7. The summed E-state index contributed by atoms with van der Waals surface area (Å²) in [6.07, 6.45) is 2.05. The summed E-state index contributed by atoms with van der Waals surface area (Å²) in [4.78, 5) is 15.1.